The Morgan fingerprint density at radius 1 is 1.05 bits per heavy atom. The molecule has 2 nitrogen and oxygen atoms in total. The molecule has 0 radical (unpaired) electrons. The number of phenols is 1. The van der Waals surface area contributed by atoms with Crippen LogP contribution < -0.4 is 5.32 Å². The van der Waals surface area contributed by atoms with E-state index >= 15 is 0 Å². The van der Waals surface area contributed by atoms with Crippen LogP contribution in [0.1, 0.15) is 5.56 Å². The molecule has 0 unspecified atom stereocenters. The lowest BCUT2D eigenvalue weighted by molar-refractivity contribution is 0.476. The molecule has 0 fully saturated rings. The van der Waals surface area contributed by atoms with Crippen molar-refractivity contribution < 1.29 is 5.11 Å². The second kappa shape index (κ2) is 6.23. The summed E-state index contributed by atoms with van der Waals surface area (Å²) in [5.41, 5.74) is 1.73. The van der Waals surface area contributed by atoms with Crippen molar-refractivity contribution in [1.82, 2.24) is 0 Å². The van der Waals surface area contributed by atoms with Crippen molar-refractivity contribution in [3.63, 3.8) is 0 Å². The molecule has 0 bridgehead atoms. The summed E-state index contributed by atoms with van der Waals surface area (Å²) in [5, 5.41) is 13.7. The molecule has 2 aromatic carbocycles. The summed E-state index contributed by atoms with van der Waals surface area (Å²) < 4.78 is 0.959. The van der Waals surface area contributed by atoms with Crippen LogP contribution in [0.5, 0.6) is 5.75 Å². The van der Waals surface area contributed by atoms with Crippen molar-refractivity contribution in [3.8, 4) is 5.75 Å². The molecule has 2 N–H and O–H groups in total. The van der Waals surface area contributed by atoms with Crippen LogP contribution in [0, 0.1) is 0 Å². The Morgan fingerprint density at radius 3 is 2.32 bits per heavy atom. The van der Waals surface area contributed by atoms with Gasteiger partial charge in [0.15, 0.2) is 5.75 Å². The summed E-state index contributed by atoms with van der Waals surface area (Å²) in [7, 11) is 0. The van der Waals surface area contributed by atoms with Crippen molar-refractivity contribution >= 4 is 56.4 Å². The van der Waals surface area contributed by atoms with Gasteiger partial charge in [-0.15, -0.1) is 0 Å². The van der Waals surface area contributed by atoms with E-state index in [0.29, 0.717) is 11.6 Å². The number of halogens is 4. The number of hydrogen-bond acceptors (Lipinski definition) is 2. The van der Waals surface area contributed by atoms with E-state index in [9.17, 15) is 5.11 Å². The van der Waals surface area contributed by atoms with Crippen LogP contribution in [0.25, 0.3) is 0 Å². The lowest BCUT2D eigenvalue weighted by atomic mass is 10.2. The molecule has 0 amide bonds. The molecule has 0 aliphatic heterocycles. The molecule has 0 spiro atoms. The van der Waals surface area contributed by atoms with Gasteiger partial charge in [-0.05, 0) is 35.9 Å². The fourth-order valence-electron chi connectivity index (χ4n) is 1.54. The van der Waals surface area contributed by atoms with E-state index in [1.807, 2.05) is 18.2 Å². The number of aromatic hydroxyl groups is 1. The van der Waals surface area contributed by atoms with Crippen LogP contribution in [0.3, 0.4) is 0 Å². The van der Waals surface area contributed by atoms with Crippen LogP contribution >= 0.6 is 50.7 Å². The number of nitrogens with one attached hydrogen (secondary N) is 1. The molecule has 100 valence electrons. The summed E-state index contributed by atoms with van der Waals surface area (Å²) in [5.74, 6) is -0.113. The molecule has 0 aromatic heterocycles. The number of anilines is 1. The summed E-state index contributed by atoms with van der Waals surface area (Å²) in [4.78, 5) is 0. The Hall–Kier alpha value is -0.610. The molecule has 0 heterocycles. The Bertz CT molecular complexity index is 596. The van der Waals surface area contributed by atoms with Crippen molar-refractivity contribution in [2.24, 2.45) is 0 Å². The van der Waals surface area contributed by atoms with Crippen molar-refractivity contribution in [2.75, 3.05) is 5.32 Å². The summed E-state index contributed by atoms with van der Waals surface area (Å²) in [6.07, 6.45) is 0. The van der Waals surface area contributed by atoms with Gasteiger partial charge in [-0.2, -0.15) is 0 Å². The van der Waals surface area contributed by atoms with E-state index in [4.69, 9.17) is 34.8 Å². The highest BCUT2D eigenvalue weighted by Crippen LogP contribution is 2.35. The zero-order chi connectivity index (χ0) is 14.0. The highest BCUT2D eigenvalue weighted by Gasteiger charge is 2.07. The number of rotatable bonds is 3. The van der Waals surface area contributed by atoms with Gasteiger partial charge >= 0.3 is 0 Å². The predicted molar refractivity (Wildman–Crippen MR) is 84.6 cm³/mol. The monoisotopic (exact) mass is 379 g/mol. The fraction of sp³-hybridized carbons (Fsp3) is 0.0769. The topological polar surface area (TPSA) is 32.3 Å². The largest absolute Gasteiger partial charge is 0.505 e. The average molecular weight is 381 g/mol. The average Bonchev–Trinajstić information content (AvgIpc) is 2.37. The van der Waals surface area contributed by atoms with Crippen LogP contribution in [-0.2, 0) is 6.54 Å². The fourth-order valence-corrected chi connectivity index (χ4v) is 2.61. The second-order valence-electron chi connectivity index (χ2n) is 3.88. The van der Waals surface area contributed by atoms with E-state index < -0.39 is 0 Å². The molecule has 19 heavy (non-hydrogen) atoms. The van der Waals surface area contributed by atoms with Gasteiger partial charge in [0.1, 0.15) is 0 Å². The van der Waals surface area contributed by atoms with Gasteiger partial charge in [0.2, 0.25) is 0 Å². The maximum atomic E-state index is 9.48. The number of benzene rings is 2. The maximum absolute atomic E-state index is 9.48. The molecular weight excluding hydrogens is 372 g/mol. The van der Waals surface area contributed by atoms with Crippen LogP contribution in [0.15, 0.2) is 34.8 Å². The Kier molecular flexibility index (Phi) is 4.85. The van der Waals surface area contributed by atoms with Gasteiger partial charge in [0.05, 0.1) is 10.0 Å². The van der Waals surface area contributed by atoms with E-state index in [1.165, 1.54) is 0 Å². The molecule has 0 aliphatic carbocycles. The predicted octanol–water partition coefficient (Wildman–Crippen LogP) is 5.73. The van der Waals surface area contributed by atoms with Crippen LogP contribution in [0.2, 0.25) is 15.1 Å². The number of phenolic OH excluding ortho intramolecular Hbond substituents is 1. The van der Waals surface area contributed by atoms with E-state index in [-0.39, 0.29) is 15.8 Å². The first-order valence-corrected chi connectivity index (χ1v) is 7.26. The second-order valence-corrected chi connectivity index (χ2v) is 5.98. The third-order valence-corrected chi connectivity index (χ3v) is 4.09. The van der Waals surface area contributed by atoms with Gasteiger partial charge in [-0.1, -0.05) is 50.7 Å². The smallest absolute Gasteiger partial charge is 0.152 e. The first-order chi connectivity index (χ1) is 8.97. The minimum Gasteiger partial charge on any atom is -0.505 e. The molecule has 0 aliphatic rings. The molecule has 2 rings (SSSR count). The third-order valence-electron chi connectivity index (χ3n) is 2.51. The Balaban J connectivity index is 2.17. The summed E-state index contributed by atoms with van der Waals surface area (Å²) in [6, 6.07) is 8.78. The zero-order valence-corrected chi connectivity index (χ0v) is 13.4. The van der Waals surface area contributed by atoms with Gasteiger partial charge < -0.3 is 10.4 Å². The van der Waals surface area contributed by atoms with Gasteiger partial charge in [0, 0.05) is 21.7 Å². The molecule has 0 saturated carbocycles. The Morgan fingerprint density at radius 2 is 1.68 bits per heavy atom. The van der Waals surface area contributed by atoms with Gasteiger partial charge in [-0.25, -0.2) is 0 Å². The van der Waals surface area contributed by atoms with Crippen molar-refractivity contribution in [2.45, 2.75) is 6.54 Å². The standard InChI is InChI=1S/C13H9BrCl3NO/c14-10-2-1-8(15)3-7(10)6-18-9-4-11(16)13(19)12(17)5-9/h1-5,18-19H,6H2. The van der Waals surface area contributed by atoms with E-state index in [2.05, 4.69) is 21.2 Å². The molecule has 2 aromatic rings. The highest BCUT2D eigenvalue weighted by molar-refractivity contribution is 9.10. The third kappa shape index (κ3) is 3.69. The highest BCUT2D eigenvalue weighted by atomic mass is 79.9. The van der Waals surface area contributed by atoms with Gasteiger partial charge in [0.25, 0.3) is 0 Å². The SMILES string of the molecule is Oc1c(Cl)cc(NCc2cc(Cl)ccc2Br)cc1Cl. The maximum Gasteiger partial charge on any atom is 0.152 e. The molecule has 0 atom stereocenters. The van der Waals surface area contributed by atoms with Crippen molar-refractivity contribution in [3.05, 3.63) is 55.4 Å². The lowest BCUT2D eigenvalue weighted by Crippen LogP contribution is -2.00. The minimum absolute atomic E-state index is 0.113. The lowest BCUT2D eigenvalue weighted by Gasteiger charge is -2.10. The van der Waals surface area contributed by atoms with Crippen LogP contribution in [-0.4, -0.2) is 5.11 Å². The molecule has 6 heteroatoms. The van der Waals surface area contributed by atoms with E-state index in [0.717, 1.165) is 15.7 Å². The van der Waals surface area contributed by atoms with Crippen molar-refractivity contribution in [1.29, 1.82) is 0 Å². The quantitative estimate of drug-likeness (QED) is 0.666. The molecule has 0 saturated heterocycles. The van der Waals surface area contributed by atoms with E-state index in [1.54, 1.807) is 12.1 Å². The number of hydrogen-bond donors (Lipinski definition) is 2. The van der Waals surface area contributed by atoms with Crippen LogP contribution in [0.4, 0.5) is 5.69 Å². The Labute approximate surface area is 134 Å². The zero-order valence-electron chi connectivity index (χ0n) is 9.55. The normalized spacial score (nSPS) is 10.5. The summed E-state index contributed by atoms with van der Waals surface area (Å²) in [6.45, 7) is 0.554. The molecular formula is C13H9BrCl3NO. The minimum atomic E-state index is -0.113. The first-order valence-electron chi connectivity index (χ1n) is 5.33. The summed E-state index contributed by atoms with van der Waals surface area (Å²) >= 11 is 21.1. The van der Waals surface area contributed by atoms with Gasteiger partial charge in [-0.3, -0.25) is 0 Å². The first kappa shape index (κ1) is 14.8.